The van der Waals surface area contributed by atoms with Crippen molar-refractivity contribution in [3.63, 3.8) is 0 Å². The number of benzene rings is 4. The Bertz CT molecular complexity index is 2480. The SMILES string of the molecule is C=CCO[C@@]12Oc3ccc(Oc4ccc(SC)cc4)cc3[C@H]3[C@H](CCCCO)[C@@H](CCCCO)C=C(C(=NOCc4ccc([N+](=O)[O-])cc4)C[C@@H]1N(CCOCCO)C(=O)c1ccc(C#N)cc1)[C@H]32. The van der Waals surface area contributed by atoms with E-state index in [0.717, 1.165) is 41.7 Å². The summed E-state index contributed by atoms with van der Waals surface area (Å²) in [6.07, 6.45) is 10.2. The fourth-order valence-corrected chi connectivity index (χ4v) is 10.4. The monoisotopic (exact) mass is 960 g/mol. The highest BCUT2D eigenvalue weighted by molar-refractivity contribution is 7.98. The molecule has 0 saturated heterocycles. The Hall–Kier alpha value is -6.06. The zero-order valence-corrected chi connectivity index (χ0v) is 39.6. The molecule has 69 heavy (non-hydrogen) atoms. The van der Waals surface area contributed by atoms with Gasteiger partial charge in [0, 0.05) is 60.3 Å². The number of nitro benzene ring substituents is 1. The number of aliphatic hydroxyl groups is 3. The van der Waals surface area contributed by atoms with Crippen LogP contribution in [0.5, 0.6) is 17.2 Å². The lowest BCUT2D eigenvalue weighted by molar-refractivity contribution is -0.384. The van der Waals surface area contributed by atoms with Gasteiger partial charge in [-0.05, 0) is 134 Å². The van der Waals surface area contributed by atoms with Gasteiger partial charge < -0.3 is 44.0 Å². The Kier molecular flexibility index (Phi) is 18.0. The molecule has 3 aliphatic rings. The molecule has 6 atom stereocenters. The van der Waals surface area contributed by atoms with E-state index in [9.17, 15) is 30.7 Å². The van der Waals surface area contributed by atoms with E-state index >= 15 is 4.79 Å². The van der Waals surface area contributed by atoms with Crippen LogP contribution < -0.4 is 9.47 Å². The third-order valence-corrected chi connectivity index (χ3v) is 13.8. The third kappa shape index (κ3) is 11.9. The average molecular weight is 961 g/mol. The smallest absolute Gasteiger partial charge is 0.269 e. The van der Waals surface area contributed by atoms with Crippen LogP contribution in [0.1, 0.15) is 77.9 Å². The predicted octanol–water partition coefficient (Wildman–Crippen LogP) is 8.97. The minimum atomic E-state index is -1.57. The van der Waals surface area contributed by atoms with Gasteiger partial charge in [0.1, 0.15) is 29.9 Å². The second-order valence-corrected chi connectivity index (χ2v) is 18.2. The maximum atomic E-state index is 15.2. The summed E-state index contributed by atoms with van der Waals surface area (Å²) < 4.78 is 26.9. The third-order valence-electron chi connectivity index (χ3n) is 13.1. The number of amides is 1. The van der Waals surface area contributed by atoms with Crippen molar-refractivity contribution < 1.29 is 48.8 Å². The molecule has 0 bridgehead atoms. The van der Waals surface area contributed by atoms with Gasteiger partial charge in [-0.15, -0.1) is 18.3 Å². The van der Waals surface area contributed by atoms with Crippen molar-refractivity contribution in [2.75, 3.05) is 52.4 Å². The first-order chi connectivity index (χ1) is 33.7. The van der Waals surface area contributed by atoms with E-state index in [1.165, 1.54) is 12.1 Å². The molecule has 0 unspecified atom stereocenters. The lowest BCUT2D eigenvalue weighted by Gasteiger charge is -2.60. The zero-order chi connectivity index (χ0) is 48.8. The minimum Gasteiger partial charge on any atom is -0.459 e. The summed E-state index contributed by atoms with van der Waals surface area (Å²) in [7, 11) is 0. The van der Waals surface area contributed by atoms with E-state index in [1.54, 1.807) is 59.1 Å². The molecular weight excluding hydrogens is 901 g/mol. The van der Waals surface area contributed by atoms with Gasteiger partial charge in [-0.1, -0.05) is 30.1 Å². The summed E-state index contributed by atoms with van der Waals surface area (Å²) >= 11 is 1.64. The normalized spacial score (nSPS) is 21.8. The number of ether oxygens (including phenoxy) is 4. The summed E-state index contributed by atoms with van der Waals surface area (Å²) in [6.45, 7) is 4.10. The maximum Gasteiger partial charge on any atom is 0.269 e. The number of hydrogen-bond acceptors (Lipinski definition) is 14. The number of thioether (sulfide) groups is 1. The molecule has 0 aromatic heterocycles. The van der Waals surface area contributed by atoms with Crippen molar-refractivity contribution in [3.8, 4) is 23.3 Å². The Morgan fingerprint density at radius 1 is 0.971 bits per heavy atom. The molecule has 7 rings (SSSR count). The van der Waals surface area contributed by atoms with E-state index in [0.29, 0.717) is 52.5 Å². The highest BCUT2D eigenvalue weighted by Crippen LogP contribution is 2.62. The molecule has 1 aliphatic heterocycles. The highest BCUT2D eigenvalue weighted by Gasteiger charge is 2.65. The van der Waals surface area contributed by atoms with Gasteiger partial charge in [0.15, 0.2) is 0 Å². The number of aliphatic hydroxyl groups excluding tert-OH is 3. The fraction of sp³-hybridized carbons (Fsp3) is 0.415. The summed E-state index contributed by atoms with van der Waals surface area (Å²) in [4.78, 5) is 35.1. The van der Waals surface area contributed by atoms with Crippen LogP contribution in [0, 0.1) is 39.2 Å². The largest absolute Gasteiger partial charge is 0.459 e. The van der Waals surface area contributed by atoms with Gasteiger partial charge in [0.05, 0.1) is 54.6 Å². The fourth-order valence-electron chi connectivity index (χ4n) is 9.97. The number of non-ortho nitro benzene ring substituents is 1. The lowest BCUT2D eigenvalue weighted by Crippen LogP contribution is -2.70. The highest BCUT2D eigenvalue weighted by atomic mass is 32.2. The van der Waals surface area contributed by atoms with Gasteiger partial charge in [-0.25, -0.2) is 0 Å². The molecule has 16 heteroatoms. The maximum absolute atomic E-state index is 15.2. The number of nitro groups is 1. The van der Waals surface area contributed by atoms with Crippen LogP contribution >= 0.6 is 11.8 Å². The van der Waals surface area contributed by atoms with Crippen LogP contribution in [0.25, 0.3) is 0 Å². The van der Waals surface area contributed by atoms with Crippen molar-refractivity contribution in [2.24, 2.45) is 22.9 Å². The average Bonchev–Trinajstić information content (AvgIpc) is 3.37. The first-order valence-corrected chi connectivity index (χ1v) is 24.7. The van der Waals surface area contributed by atoms with E-state index in [1.807, 2.05) is 48.7 Å². The van der Waals surface area contributed by atoms with Crippen molar-refractivity contribution in [1.82, 2.24) is 4.90 Å². The van der Waals surface area contributed by atoms with Gasteiger partial charge in [0.2, 0.25) is 5.79 Å². The molecule has 0 radical (unpaired) electrons. The Balaban J connectivity index is 1.44. The summed E-state index contributed by atoms with van der Waals surface area (Å²) in [5, 5.41) is 55.6. The summed E-state index contributed by atoms with van der Waals surface area (Å²) in [5.74, 6) is -1.17. The van der Waals surface area contributed by atoms with E-state index < -0.39 is 22.7 Å². The Morgan fingerprint density at radius 3 is 2.36 bits per heavy atom. The standard InChI is InChI=1S/C53H60N4O11S/c1-3-28-65-53-49(56(24-29-64-30-27-60)52(61)38-14-10-36(34-54)11-15-38)33-47(55-66-35-37-12-16-40(17-13-37)57(62)63)45-31-39(8-4-6-25-58)44(9-5-7-26-59)50(51(45)53)46-32-42(20-23-48(46)68-53)67-41-18-21-43(69-2)22-19-41/h3,10-23,31-32,39,44,49-51,58-60H,1,4-9,24-30,33,35H2,2H3/t39-,44+,49-,50+,51+,53+/m0/s1. The first-order valence-electron chi connectivity index (χ1n) is 23.4. The van der Waals surface area contributed by atoms with Crippen LogP contribution in [0.2, 0.25) is 0 Å². The Morgan fingerprint density at radius 2 is 1.70 bits per heavy atom. The molecule has 1 amide bonds. The molecule has 1 saturated carbocycles. The van der Waals surface area contributed by atoms with Crippen LogP contribution in [-0.2, 0) is 20.9 Å². The quantitative estimate of drug-likeness (QED) is 0.0187. The number of unbranched alkanes of at least 4 members (excludes halogenated alkanes) is 2. The second kappa shape index (κ2) is 24.5. The minimum absolute atomic E-state index is 0.00377. The summed E-state index contributed by atoms with van der Waals surface area (Å²) in [5.41, 5.74) is 3.57. The number of rotatable bonds is 25. The molecule has 1 heterocycles. The molecule has 2 aliphatic carbocycles. The molecule has 15 nitrogen and oxygen atoms in total. The molecule has 4 aromatic rings. The number of hydrogen-bond donors (Lipinski definition) is 3. The van der Waals surface area contributed by atoms with Crippen molar-refractivity contribution in [3.05, 3.63) is 148 Å². The molecule has 1 fully saturated rings. The number of carbonyl (C=O) groups excluding carboxylic acids is 1. The van der Waals surface area contributed by atoms with Crippen LogP contribution in [0.4, 0.5) is 5.69 Å². The van der Waals surface area contributed by atoms with Gasteiger partial charge >= 0.3 is 0 Å². The van der Waals surface area contributed by atoms with E-state index in [2.05, 4.69) is 18.7 Å². The Labute approximate surface area is 407 Å². The van der Waals surface area contributed by atoms with E-state index in [-0.39, 0.29) is 88.6 Å². The number of nitrogens with zero attached hydrogens (tertiary/aromatic N) is 4. The van der Waals surface area contributed by atoms with Gasteiger partial charge in [0.25, 0.3) is 11.6 Å². The zero-order valence-electron chi connectivity index (χ0n) is 38.8. The topological polar surface area (TPSA) is 206 Å². The number of nitriles is 1. The van der Waals surface area contributed by atoms with Crippen LogP contribution in [0.15, 0.2) is 125 Å². The number of allylic oxidation sites excluding steroid dienone is 1. The van der Waals surface area contributed by atoms with Crippen molar-refractivity contribution in [2.45, 2.75) is 74.2 Å². The molecular formula is C53H60N4O11S. The molecule has 3 N–H and O–H groups in total. The van der Waals surface area contributed by atoms with Crippen molar-refractivity contribution >= 4 is 29.1 Å². The first kappa shape index (κ1) is 50.8. The van der Waals surface area contributed by atoms with Crippen LogP contribution in [0.3, 0.4) is 0 Å². The molecule has 0 spiro atoms. The second-order valence-electron chi connectivity index (χ2n) is 17.3. The molecule has 364 valence electrons. The number of oxime groups is 1. The van der Waals surface area contributed by atoms with Crippen LogP contribution in [-0.4, -0.2) is 101 Å². The number of carbonyl (C=O) groups is 1. The lowest BCUT2D eigenvalue weighted by atomic mass is 9.55. The molecule has 4 aromatic carbocycles. The van der Waals surface area contributed by atoms with Crippen molar-refractivity contribution in [1.29, 1.82) is 5.26 Å². The predicted molar refractivity (Wildman–Crippen MR) is 261 cm³/mol. The van der Waals surface area contributed by atoms with E-state index in [4.69, 9.17) is 28.9 Å². The van der Waals surface area contributed by atoms with Gasteiger partial charge in [-0.2, -0.15) is 5.26 Å². The number of fused-ring (bicyclic) bond motifs is 2. The summed E-state index contributed by atoms with van der Waals surface area (Å²) in [6, 6.07) is 27.4. The van der Waals surface area contributed by atoms with Gasteiger partial charge in [-0.3, -0.25) is 14.9 Å².